The summed E-state index contributed by atoms with van der Waals surface area (Å²) >= 11 is 0. The minimum absolute atomic E-state index is 0.00120. The van der Waals surface area contributed by atoms with Gasteiger partial charge < -0.3 is 4.90 Å². The molecule has 7 nitrogen and oxygen atoms in total. The van der Waals surface area contributed by atoms with Crippen LogP contribution in [0.2, 0.25) is 0 Å². The first-order valence-corrected chi connectivity index (χ1v) is 7.97. The van der Waals surface area contributed by atoms with Crippen molar-refractivity contribution in [1.82, 2.24) is 10.2 Å². The molecule has 2 heterocycles. The Labute approximate surface area is 122 Å². The first-order valence-electron chi connectivity index (χ1n) is 6.49. The summed E-state index contributed by atoms with van der Waals surface area (Å²) in [4.78, 5) is 13.3. The van der Waals surface area contributed by atoms with Crippen molar-refractivity contribution in [1.29, 1.82) is 0 Å². The van der Waals surface area contributed by atoms with Gasteiger partial charge in [0.15, 0.2) is 5.03 Å². The van der Waals surface area contributed by atoms with Crippen LogP contribution in [0.4, 0.5) is 11.4 Å². The van der Waals surface area contributed by atoms with E-state index in [4.69, 9.17) is 0 Å². The summed E-state index contributed by atoms with van der Waals surface area (Å²) in [5, 5.41) is 6.02. The predicted octanol–water partition coefficient (Wildman–Crippen LogP) is 1.34. The van der Waals surface area contributed by atoms with Crippen LogP contribution in [0.3, 0.4) is 0 Å². The van der Waals surface area contributed by atoms with Crippen molar-refractivity contribution in [2.45, 2.75) is 17.9 Å². The standard InChI is InChI=1S/C13H14N4O3S/c18-13-2-1-9-17(13)11-5-3-10(4-6-11)16-21(19,20)12-7-8-14-15-12/h3-8,16H,1-2,9H2,(H,14,15). The third kappa shape index (κ3) is 2.75. The molecule has 0 spiro atoms. The van der Waals surface area contributed by atoms with Crippen molar-refractivity contribution in [3.05, 3.63) is 36.5 Å². The monoisotopic (exact) mass is 306 g/mol. The number of sulfonamides is 1. The first kappa shape index (κ1) is 13.6. The molecule has 1 fully saturated rings. The van der Waals surface area contributed by atoms with E-state index in [0.29, 0.717) is 18.7 Å². The van der Waals surface area contributed by atoms with Crippen molar-refractivity contribution < 1.29 is 13.2 Å². The number of aromatic amines is 1. The van der Waals surface area contributed by atoms with Gasteiger partial charge in [-0.1, -0.05) is 0 Å². The number of nitrogens with one attached hydrogen (secondary N) is 2. The Hall–Kier alpha value is -2.35. The van der Waals surface area contributed by atoms with Gasteiger partial charge in [0.1, 0.15) is 0 Å². The molecule has 0 bridgehead atoms. The molecule has 2 N–H and O–H groups in total. The lowest BCUT2D eigenvalue weighted by Gasteiger charge is -2.16. The van der Waals surface area contributed by atoms with E-state index in [1.807, 2.05) is 0 Å². The third-order valence-corrected chi connectivity index (χ3v) is 4.58. The predicted molar refractivity (Wildman–Crippen MR) is 77.4 cm³/mol. The summed E-state index contributed by atoms with van der Waals surface area (Å²) in [6.07, 6.45) is 2.79. The zero-order valence-corrected chi connectivity index (χ0v) is 11.9. The maximum atomic E-state index is 12.0. The normalized spacial score (nSPS) is 15.4. The van der Waals surface area contributed by atoms with Gasteiger partial charge >= 0.3 is 0 Å². The Morgan fingerprint density at radius 2 is 1.95 bits per heavy atom. The maximum Gasteiger partial charge on any atom is 0.278 e. The lowest BCUT2D eigenvalue weighted by atomic mass is 10.2. The van der Waals surface area contributed by atoms with E-state index in [1.165, 1.54) is 12.3 Å². The Morgan fingerprint density at radius 3 is 2.52 bits per heavy atom. The topological polar surface area (TPSA) is 95.2 Å². The summed E-state index contributed by atoms with van der Waals surface area (Å²) in [5.41, 5.74) is 1.21. The van der Waals surface area contributed by atoms with Crippen molar-refractivity contribution in [2.75, 3.05) is 16.2 Å². The highest BCUT2D eigenvalue weighted by Gasteiger charge is 2.21. The zero-order chi connectivity index (χ0) is 14.9. The molecule has 0 saturated carbocycles. The molecule has 1 aliphatic heterocycles. The summed E-state index contributed by atoms with van der Waals surface area (Å²) in [7, 11) is -3.66. The molecule has 1 saturated heterocycles. The molecular weight excluding hydrogens is 292 g/mol. The fourth-order valence-corrected chi connectivity index (χ4v) is 3.20. The van der Waals surface area contributed by atoms with Gasteiger partial charge in [0.2, 0.25) is 5.91 Å². The zero-order valence-electron chi connectivity index (χ0n) is 11.1. The van der Waals surface area contributed by atoms with Crippen LogP contribution in [0.15, 0.2) is 41.6 Å². The number of carbonyl (C=O) groups is 1. The second-order valence-electron chi connectivity index (χ2n) is 4.72. The molecule has 21 heavy (non-hydrogen) atoms. The average Bonchev–Trinajstić information content (AvgIpc) is 3.10. The Balaban J connectivity index is 1.77. The highest BCUT2D eigenvalue weighted by Crippen LogP contribution is 2.23. The van der Waals surface area contributed by atoms with E-state index in [1.54, 1.807) is 29.2 Å². The van der Waals surface area contributed by atoms with Crippen LogP contribution in [-0.2, 0) is 14.8 Å². The minimum Gasteiger partial charge on any atom is -0.312 e. The quantitative estimate of drug-likeness (QED) is 0.891. The number of carbonyl (C=O) groups excluding carboxylic acids is 1. The van der Waals surface area contributed by atoms with E-state index in [9.17, 15) is 13.2 Å². The molecule has 0 radical (unpaired) electrons. The summed E-state index contributed by atoms with van der Waals surface area (Å²) in [6, 6.07) is 8.10. The maximum absolute atomic E-state index is 12.0. The van der Waals surface area contributed by atoms with Crippen LogP contribution in [-0.4, -0.2) is 31.1 Å². The van der Waals surface area contributed by atoms with Crippen LogP contribution in [0.5, 0.6) is 0 Å². The number of nitrogens with zero attached hydrogens (tertiary/aromatic N) is 2. The van der Waals surface area contributed by atoms with Gasteiger partial charge in [0.25, 0.3) is 10.0 Å². The summed E-state index contributed by atoms with van der Waals surface area (Å²) < 4.78 is 26.5. The SMILES string of the molecule is O=C1CCCN1c1ccc(NS(=O)(=O)c2ccn[nH]2)cc1. The molecule has 1 aliphatic rings. The number of anilines is 2. The molecule has 2 aromatic rings. The highest BCUT2D eigenvalue weighted by molar-refractivity contribution is 7.92. The molecular formula is C13H14N4O3S. The minimum atomic E-state index is -3.66. The van der Waals surface area contributed by atoms with Crippen molar-refractivity contribution >= 4 is 27.3 Å². The molecule has 0 atom stereocenters. The second-order valence-corrected chi connectivity index (χ2v) is 6.37. The van der Waals surface area contributed by atoms with Gasteiger partial charge in [-0.05, 0) is 36.8 Å². The first-order chi connectivity index (χ1) is 10.1. The van der Waals surface area contributed by atoms with E-state index >= 15 is 0 Å². The number of benzene rings is 1. The average molecular weight is 306 g/mol. The van der Waals surface area contributed by atoms with E-state index < -0.39 is 10.0 Å². The number of hydrogen-bond acceptors (Lipinski definition) is 4. The second kappa shape index (κ2) is 5.21. The summed E-state index contributed by atoms with van der Waals surface area (Å²) in [6.45, 7) is 0.706. The molecule has 0 unspecified atom stereocenters. The van der Waals surface area contributed by atoms with Gasteiger partial charge in [0.05, 0.1) is 6.20 Å². The van der Waals surface area contributed by atoms with Gasteiger partial charge in [-0.15, -0.1) is 0 Å². The molecule has 110 valence electrons. The lowest BCUT2D eigenvalue weighted by Crippen LogP contribution is -2.23. The Kier molecular flexibility index (Phi) is 3.38. The molecule has 8 heteroatoms. The van der Waals surface area contributed by atoms with Crippen LogP contribution in [0.1, 0.15) is 12.8 Å². The van der Waals surface area contributed by atoms with Crippen LogP contribution in [0, 0.1) is 0 Å². The van der Waals surface area contributed by atoms with Gasteiger partial charge in [-0.25, -0.2) is 0 Å². The van der Waals surface area contributed by atoms with Gasteiger partial charge in [0, 0.05) is 24.3 Å². The number of rotatable bonds is 4. The Morgan fingerprint density at radius 1 is 1.19 bits per heavy atom. The lowest BCUT2D eigenvalue weighted by molar-refractivity contribution is -0.117. The summed E-state index contributed by atoms with van der Waals surface area (Å²) in [5.74, 6) is 0.0980. The smallest absolute Gasteiger partial charge is 0.278 e. The number of hydrogen-bond donors (Lipinski definition) is 2. The molecule has 1 aromatic carbocycles. The van der Waals surface area contributed by atoms with Gasteiger partial charge in [-0.2, -0.15) is 13.5 Å². The molecule has 1 aromatic heterocycles. The van der Waals surface area contributed by atoms with E-state index in [2.05, 4.69) is 14.9 Å². The number of amides is 1. The highest BCUT2D eigenvalue weighted by atomic mass is 32.2. The third-order valence-electron chi connectivity index (χ3n) is 3.27. The number of aromatic nitrogens is 2. The fraction of sp³-hybridized carbons (Fsp3) is 0.231. The molecule has 1 amide bonds. The van der Waals surface area contributed by atoms with E-state index in [-0.39, 0.29) is 10.9 Å². The van der Waals surface area contributed by atoms with Crippen molar-refractivity contribution in [3.8, 4) is 0 Å². The van der Waals surface area contributed by atoms with Crippen LogP contribution in [0.25, 0.3) is 0 Å². The van der Waals surface area contributed by atoms with Crippen LogP contribution >= 0.6 is 0 Å². The van der Waals surface area contributed by atoms with Crippen molar-refractivity contribution in [2.24, 2.45) is 0 Å². The fourth-order valence-electron chi connectivity index (χ4n) is 2.23. The van der Waals surface area contributed by atoms with Crippen molar-refractivity contribution in [3.63, 3.8) is 0 Å². The largest absolute Gasteiger partial charge is 0.312 e. The van der Waals surface area contributed by atoms with Gasteiger partial charge in [-0.3, -0.25) is 14.6 Å². The number of H-pyrrole nitrogens is 1. The molecule has 0 aliphatic carbocycles. The molecule has 3 rings (SSSR count). The Bertz CT molecular complexity index is 738. The van der Waals surface area contributed by atoms with E-state index in [0.717, 1.165) is 12.1 Å². The van der Waals surface area contributed by atoms with Crippen LogP contribution < -0.4 is 9.62 Å².